The normalized spacial score (nSPS) is 17.6. The molecule has 188 valence electrons. The molecule has 1 amide bonds. The predicted octanol–water partition coefficient (Wildman–Crippen LogP) is 5.78. The van der Waals surface area contributed by atoms with Gasteiger partial charge in [0.25, 0.3) is 0 Å². The third-order valence-corrected chi connectivity index (χ3v) is 6.11. The van der Waals surface area contributed by atoms with Crippen LogP contribution in [0, 0.1) is 6.92 Å². The summed E-state index contributed by atoms with van der Waals surface area (Å²) in [6.07, 6.45) is 1.08. The Morgan fingerprint density at radius 1 is 1.14 bits per heavy atom. The van der Waals surface area contributed by atoms with Gasteiger partial charge < -0.3 is 14.2 Å². The summed E-state index contributed by atoms with van der Waals surface area (Å²) in [5.74, 6) is 0.127. The third-order valence-electron chi connectivity index (χ3n) is 6.11. The highest BCUT2D eigenvalue weighted by Crippen LogP contribution is 2.35. The minimum absolute atomic E-state index is 0.194. The number of nitrogens with zero attached hydrogens (tertiary/aromatic N) is 2. The minimum Gasteiger partial charge on any atom is -0.488 e. The van der Waals surface area contributed by atoms with E-state index in [1.54, 1.807) is 26.8 Å². The fourth-order valence-electron chi connectivity index (χ4n) is 4.38. The molecule has 0 spiro atoms. The maximum absolute atomic E-state index is 12.9. The number of aryl methyl sites for hydroxylation is 1. The number of likely N-dealkylation sites (tertiary alicyclic amines) is 1. The molecule has 1 fully saturated rings. The van der Waals surface area contributed by atoms with E-state index in [2.05, 4.69) is 6.58 Å². The van der Waals surface area contributed by atoms with Gasteiger partial charge in [-0.25, -0.2) is 14.6 Å². The number of fused-ring (bicyclic) bond motifs is 1. The molecule has 0 bridgehead atoms. The van der Waals surface area contributed by atoms with Gasteiger partial charge >= 0.3 is 12.1 Å². The summed E-state index contributed by atoms with van der Waals surface area (Å²) in [5, 5.41) is 0.834. The smallest absolute Gasteiger partial charge is 0.411 e. The second kappa shape index (κ2) is 10.0. The van der Waals surface area contributed by atoms with Gasteiger partial charge in [0.1, 0.15) is 23.5 Å². The number of rotatable bonds is 5. The summed E-state index contributed by atoms with van der Waals surface area (Å²) >= 11 is 0. The van der Waals surface area contributed by atoms with Crippen molar-refractivity contribution in [2.45, 2.75) is 51.9 Å². The largest absolute Gasteiger partial charge is 0.488 e. The quantitative estimate of drug-likeness (QED) is 0.424. The van der Waals surface area contributed by atoms with Crippen molar-refractivity contribution in [2.75, 3.05) is 13.7 Å². The van der Waals surface area contributed by atoms with E-state index in [9.17, 15) is 9.59 Å². The lowest BCUT2D eigenvalue weighted by Crippen LogP contribution is -2.44. The molecular formula is C29H32N2O5. The van der Waals surface area contributed by atoms with Gasteiger partial charge in [0.05, 0.1) is 24.9 Å². The lowest BCUT2D eigenvalue weighted by molar-refractivity contribution is -0.145. The molecule has 2 heterocycles. The fourth-order valence-corrected chi connectivity index (χ4v) is 4.38. The summed E-state index contributed by atoms with van der Waals surface area (Å²) < 4.78 is 17.0. The monoisotopic (exact) mass is 488 g/mol. The van der Waals surface area contributed by atoms with Crippen LogP contribution in [0.4, 0.5) is 4.79 Å². The van der Waals surface area contributed by atoms with Gasteiger partial charge in [-0.1, -0.05) is 43.0 Å². The Bertz CT molecular complexity index is 1300. The lowest BCUT2D eigenvalue weighted by atomic mass is 10.0. The zero-order chi connectivity index (χ0) is 26.0. The molecule has 0 N–H and O–H groups in total. The Balaban J connectivity index is 1.73. The Morgan fingerprint density at radius 2 is 1.86 bits per heavy atom. The van der Waals surface area contributed by atoms with E-state index < -0.39 is 29.8 Å². The first-order valence-electron chi connectivity index (χ1n) is 12.0. The highest BCUT2D eigenvalue weighted by atomic mass is 16.6. The van der Waals surface area contributed by atoms with Crippen LogP contribution in [0.5, 0.6) is 5.75 Å². The second-order valence-corrected chi connectivity index (χ2v) is 9.95. The number of carbonyl (C=O) groups is 2. The maximum atomic E-state index is 12.9. The van der Waals surface area contributed by atoms with Crippen LogP contribution in [0.3, 0.4) is 0 Å². The molecule has 4 rings (SSSR count). The summed E-state index contributed by atoms with van der Waals surface area (Å²) in [7, 11) is 1.31. The van der Waals surface area contributed by atoms with Crippen LogP contribution in [0.15, 0.2) is 55.1 Å². The van der Waals surface area contributed by atoms with E-state index in [0.29, 0.717) is 5.75 Å². The molecule has 0 unspecified atom stereocenters. The van der Waals surface area contributed by atoms with Gasteiger partial charge in [-0.2, -0.15) is 0 Å². The van der Waals surface area contributed by atoms with Crippen LogP contribution >= 0.6 is 0 Å². The minimum atomic E-state index is -0.789. The van der Waals surface area contributed by atoms with Gasteiger partial charge in [0.15, 0.2) is 0 Å². The van der Waals surface area contributed by atoms with Crippen molar-refractivity contribution in [2.24, 2.45) is 0 Å². The maximum Gasteiger partial charge on any atom is 0.411 e. The van der Waals surface area contributed by atoms with E-state index in [0.717, 1.165) is 33.3 Å². The van der Waals surface area contributed by atoms with E-state index in [1.165, 1.54) is 12.0 Å². The first-order chi connectivity index (χ1) is 17.1. The highest BCUT2D eigenvalue weighted by molar-refractivity contribution is 5.90. The van der Waals surface area contributed by atoms with Crippen molar-refractivity contribution in [3.05, 3.63) is 66.2 Å². The molecule has 1 saturated heterocycles. The summed E-state index contributed by atoms with van der Waals surface area (Å²) in [4.78, 5) is 31.7. The number of hydrogen-bond donors (Lipinski definition) is 0. The Morgan fingerprint density at radius 3 is 2.50 bits per heavy atom. The van der Waals surface area contributed by atoms with Crippen LogP contribution in [-0.4, -0.2) is 53.3 Å². The molecule has 36 heavy (non-hydrogen) atoms. The summed E-state index contributed by atoms with van der Waals surface area (Å²) in [6.45, 7) is 11.5. The third kappa shape index (κ3) is 5.35. The SMILES string of the molecule is C=Cc1cc2c(O[C@@H]3C[C@@H](C(=O)OC)N(C(=O)OC(C)(C)C)C3)cc(-c3ccccc3)nc2cc1C. The zero-order valence-electron chi connectivity index (χ0n) is 21.4. The average Bonchev–Trinajstić information content (AvgIpc) is 3.26. The molecular weight excluding hydrogens is 456 g/mol. The van der Waals surface area contributed by atoms with Crippen LogP contribution in [0.2, 0.25) is 0 Å². The van der Waals surface area contributed by atoms with Crippen molar-refractivity contribution >= 4 is 29.0 Å². The molecule has 0 saturated carbocycles. The Hall–Kier alpha value is -3.87. The molecule has 7 nitrogen and oxygen atoms in total. The molecule has 1 aliphatic rings. The molecule has 3 aromatic rings. The number of benzene rings is 2. The van der Waals surface area contributed by atoms with Gasteiger partial charge in [0.2, 0.25) is 0 Å². The standard InChI is InChI=1S/C29H32N2O5/c1-7-19-14-22-24(13-18(19)2)30-23(20-11-9-8-10-12-20)16-26(22)35-21-15-25(27(32)34-6)31(17-21)28(33)36-29(3,4)5/h7-14,16,21,25H,1,15,17H2,2-6H3/t21-,25+/m1/s1. The molecule has 2 aromatic carbocycles. The van der Waals surface area contributed by atoms with Crippen molar-refractivity contribution in [1.82, 2.24) is 9.88 Å². The Kier molecular flexibility index (Phi) is 7.02. The number of pyridine rings is 1. The van der Waals surface area contributed by atoms with E-state index in [4.69, 9.17) is 19.2 Å². The number of amides is 1. The second-order valence-electron chi connectivity index (χ2n) is 9.95. The molecule has 7 heteroatoms. The molecule has 1 aromatic heterocycles. The molecule has 2 atom stereocenters. The topological polar surface area (TPSA) is 78.0 Å². The van der Waals surface area contributed by atoms with Crippen LogP contribution < -0.4 is 4.74 Å². The van der Waals surface area contributed by atoms with Crippen molar-refractivity contribution in [3.63, 3.8) is 0 Å². The van der Waals surface area contributed by atoms with Gasteiger partial charge in [-0.05, 0) is 51.0 Å². The highest BCUT2D eigenvalue weighted by Gasteiger charge is 2.43. The van der Waals surface area contributed by atoms with Gasteiger partial charge in [-0.15, -0.1) is 0 Å². The van der Waals surface area contributed by atoms with Crippen LogP contribution in [-0.2, 0) is 14.3 Å². The average molecular weight is 489 g/mol. The molecule has 1 aliphatic heterocycles. The number of esters is 1. The van der Waals surface area contributed by atoms with Crippen LogP contribution in [0.1, 0.15) is 38.3 Å². The van der Waals surface area contributed by atoms with E-state index in [-0.39, 0.29) is 13.0 Å². The number of hydrogen-bond acceptors (Lipinski definition) is 6. The Labute approximate surface area is 211 Å². The predicted molar refractivity (Wildman–Crippen MR) is 140 cm³/mol. The van der Waals surface area contributed by atoms with Crippen molar-refractivity contribution < 1.29 is 23.8 Å². The number of methoxy groups -OCH3 is 1. The van der Waals surface area contributed by atoms with Crippen molar-refractivity contribution in [1.29, 1.82) is 0 Å². The first kappa shape index (κ1) is 25.2. The fraction of sp³-hybridized carbons (Fsp3) is 0.345. The number of aromatic nitrogens is 1. The summed E-state index contributed by atoms with van der Waals surface area (Å²) in [5.41, 5.74) is 3.88. The molecule has 0 aliphatic carbocycles. The zero-order valence-corrected chi connectivity index (χ0v) is 21.4. The summed E-state index contributed by atoms with van der Waals surface area (Å²) in [6, 6.07) is 15.0. The van der Waals surface area contributed by atoms with E-state index >= 15 is 0 Å². The van der Waals surface area contributed by atoms with Gasteiger partial charge in [0, 0.05) is 23.4 Å². The number of ether oxygens (including phenoxy) is 3. The number of carbonyl (C=O) groups excluding carboxylic acids is 2. The van der Waals surface area contributed by atoms with E-state index in [1.807, 2.05) is 55.5 Å². The first-order valence-corrected chi connectivity index (χ1v) is 12.0. The van der Waals surface area contributed by atoms with Crippen molar-refractivity contribution in [3.8, 4) is 17.0 Å². The van der Waals surface area contributed by atoms with Gasteiger partial charge in [-0.3, -0.25) is 4.90 Å². The lowest BCUT2D eigenvalue weighted by Gasteiger charge is -2.27. The van der Waals surface area contributed by atoms with Crippen LogP contribution in [0.25, 0.3) is 28.2 Å². The molecule has 0 radical (unpaired) electrons.